The van der Waals surface area contributed by atoms with Crippen LogP contribution < -0.4 is 11.1 Å². The number of hydrogen-bond donors (Lipinski definition) is 2. The van der Waals surface area contributed by atoms with Gasteiger partial charge >= 0.3 is 0 Å². The second-order valence-electron chi connectivity index (χ2n) is 5.31. The first-order valence-electron chi connectivity index (χ1n) is 6.54. The molecule has 0 aliphatic heterocycles. The number of carbonyl (C=O) groups is 2. The van der Waals surface area contributed by atoms with Gasteiger partial charge in [0.25, 0.3) is 0 Å². The Morgan fingerprint density at radius 3 is 2.47 bits per heavy atom. The van der Waals surface area contributed by atoms with E-state index in [0.29, 0.717) is 18.4 Å². The summed E-state index contributed by atoms with van der Waals surface area (Å²) in [5, 5.41) is 2.97. The number of amides is 2. The third-order valence-electron chi connectivity index (χ3n) is 3.27. The second-order valence-corrected chi connectivity index (χ2v) is 5.31. The monoisotopic (exact) mass is 262 g/mol. The summed E-state index contributed by atoms with van der Waals surface area (Å²) in [5.41, 5.74) is 6.42. The topological polar surface area (TPSA) is 72.2 Å². The molecule has 19 heavy (non-hydrogen) atoms. The van der Waals surface area contributed by atoms with Gasteiger partial charge in [0.05, 0.1) is 0 Å². The lowest BCUT2D eigenvalue weighted by Crippen LogP contribution is -2.42. The predicted octanol–water partition coefficient (Wildman–Crippen LogP) is 2.02. The van der Waals surface area contributed by atoms with E-state index in [-0.39, 0.29) is 11.4 Å². The van der Waals surface area contributed by atoms with Crippen molar-refractivity contribution in [3.8, 4) is 0 Å². The van der Waals surface area contributed by atoms with E-state index in [4.69, 9.17) is 5.73 Å². The molecule has 1 aromatic carbocycles. The van der Waals surface area contributed by atoms with Gasteiger partial charge in [0, 0.05) is 17.5 Å². The molecule has 0 atom stereocenters. The van der Waals surface area contributed by atoms with Crippen LogP contribution in [0, 0.1) is 0 Å². The van der Waals surface area contributed by atoms with E-state index in [1.807, 2.05) is 32.9 Å². The van der Waals surface area contributed by atoms with Crippen LogP contribution in [0.3, 0.4) is 0 Å². The molecule has 0 unspecified atom stereocenters. The molecule has 3 N–H and O–H groups in total. The van der Waals surface area contributed by atoms with E-state index >= 15 is 0 Å². The summed E-state index contributed by atoms with van der Waals surface area (Å²) in [7, 11) is 0. The number of hydrogen-bond acceptors (Lipinski definition) is 2. The Kier molecular flexibility index (Phi) is 5.10. The van der Waals surface area contributed by atoms with E-state index in [2.05, 4.69) is 5.32 Å². The van der Waals surface area contributed by atoms with Crippen molar-refractivity contribution in [3.63, 3.8) is 0 Å². The quantitative estimate of drug-likeness (QED) is 0.823. The number of rotatable bonds is 6. The van der Waals surface area contributed by atoms with Crippen LogP contribution in [0.2, 0.25) is 0 Å². The van der Waals surface area contributed by atoms with Gasteiger partial charge in [-0.05, 0) is 38.3 Å². The number of nitrogens with one attached hydrogen (secondary N) is 1. The number of benzene rings is 1. The maximum atomic E-state index is 11.8. The smallest absolute Gasteiger partial charge is 0.248 e. The summed E-state index contributed by atoms with van der Waals surface area (Å²) >= 11 is 0. The Balaban J connectivity index is 2.63. The molecule has 1 rings (SSSR count). The van der Waals surface area contributed by atoms with E-state index in [1.54, 1.807) is 12.1 Å². The molecule has 0 spiro atoms. The molecule has 0 fully saturated rings. The standard InChI is InChI=1S/C15H22N2O2/c1-4-15(2,3)17-13(18)10-9-11-7-5-6-8-12(11)14(16)19/h5-8H,4,9-10H2,1-3H3,(H2,16,19)(H,17,18). The Morgan fingerprint density at radius 2 is 1.89 bits per heavy atom. The van der Waals surface area contributed by atoms with Gasteiger partial charge in [0.1, 0.15) is 0 Å². The molecule has 4 heteroatoms. The zero-order chi connectivity index (χ0) is 14.5. The molecule has 104 valence electrons. The largest absolute Gasteiger partial charge is 0.366 e. The molecule has 0 saturated heterocycles. The summed E-state index contributed by atoms with van der Waals surface area (Å²) in [6.07, 6.45) is 1.75. The number of primary amides is 1. The summed E-state index contributed by atoms with van der Waals surface area (Å²) in [5.74, 6) is -0.462. The molecular weight excluding hydrogens is 240 g/mol. The van der Waals surface area contributed by atoms with Crippen LogP contribution in [0.1, 0.15) is 49.5 Å². The lowest BCUT2D eigenvalue weighted by molar-refractivity contribution is -0.122. The average Bonchev–Trinajstić information content (AvgIpc) is 2.36. The van der Waals surface area contributed by atoms with Gasteiger partial charge in [0.2, 0.25) is 11.8 Å². The SMILES string of the molecule is CCC(C)(C)NC(=O)CCc1ccccc1C(N)=O. The molecule has 0 bridgehead atoms. The minimum atomic E-state index is -0.454. The normalized spacial score (nSPS) is 11.1. The average molecular weight is 262 g/mol. The number of aryl methyl sites for hydroxylation is 1. The van der Waals surface area contributed by atoms with Crippen molar-refractivity contribution >= 4 is 11.8 Å². The third kappa shape index (κ3) is 4.73. The summed E-state index contributed by atoms with van der Waals surface area (Å²) < 4.78 is 0. The Morgan fingerprint density at radius 1 is 1.26 bits per heavy atom. The van der Waals surface area contributed by atoms with Crippen LogP contribution >= 0.6 is 0 Å². The highest BCUT2D eigenvalue weighted by molar-refractivity contribution is 5.94. The first-order chi connectivity index (χ1) is 8.85. The Bertz CT molecular complexity index is 467. The molecule has 0 saturated carbocycles. The molecule has 0 radical (unpaired) electrons. The van der Waals surface area contributed by atoms with Crippen LogP contribution in [0.5, 0.6) is 0 Å². The zero-order valence-electron chi connectivity index (χ0n) is 11.8. The highest BCUT2D eigenvalue weighted by Gasteiger charge is 2.18. The van der Waals surface area contributed by atoms with Crippen molar-refractivity contribution < 1.29 is 9.59 Å². The van der Waals surface area contributed by atoms with Crippen molar-refractivity contribution in [1.82, 2.24) is 5.32 Å². The van der Waals surface area contributed by atoms with Crippen LogP contribution in [0.4, 0.5) is 0 Å². The summed E-state index contributed by atoms with van der Waals surface area (Å²) in [4.78, 5) is 23.1. The van der Waals surface area contributed by atoms with Gasteiger partial charge in [-0.1, -0.05) is 25.1 Å². The second kappa shape index (κ2) is 6.36. The molecule has 0 aromatic heterocycles. The van der Waals surface area contributed by atoms with E-state index < -0.39 is 5.91 Å². The highest BCUT2D eigenvalue weighted by atomic mass is 16.2. The maximum absolute atomic E-state index is 11.8. The van der Waals surface area contributed by atoms with Gasteiger partial charge in [-0.3, -0.25) is 9.59 Å². The van der Waals surface area contributed by atoms with Gasteiger partial charge in [-0.25, -0.2) is 0 Å². The van der Waals surface area contributed by atoms with Gasteiger partial charge in [-0.15, -0.1) is 0 Å². The number of nitrogens with two attached hydrogens (primary N) is 1. The van der Waals surface area contributed by atoms with Gasteiger partial charge < -0.3 is 11.1 Å². The lowest BCUT2D eigenvalue weighted by Gasteiger charge is -2.24. The lowest BCUT2D eigenvalue weighted by atomic mass is 10.00. The Labute approximate surface area is 114 Å². The minimum Gasteiger partial charge on any atom is -0.366 e. The summed E-state index contributed by atoms with van der Waals surface area (Å²) in [6.45, 7) is 6.01. The highest BCUT2D eigenvalue weighted by Crippen LogP contribution is 2.12. The van der Waals surface area contributed by atoms with Crippen LogP contribution in [-0.4, -0.2) is 17.4 Å². The first-order valence-corrected chi connectivity index (χ1v) is 6.54. The first kappa shape index (κ1) is 15.2. The number of carbonyl (C=O) groups excluding carboxylic acids is 2. The molecule has 0 heterocycles. The van der Waals surface area contributed by atoms with Crippen molar-refractivity contribution in [1.29, 1.82) is 0 Å². The van der Waals surface area contributed by atoms with Crippen LogP contribution in [0.25, 0.3) is 0 Å². The van der Waals surface area contributed by atoms with E-state index in [9.17, 15) is 9.59 Å². The fraction of sp³-hybridized carbons (Fsp3) is 0.467. The van der Waals surface area contributed by atoms with Crippen LogP contribution in [-0.2, 0) is 11.2 Å². The molecule has 0 aliphatic carbocycles. The van der Waals surface area contributed by atoms with Crippen molar-refractivity contribution in [2.24, 2.45) is 5.73 Å². The molecule has 1 aromatic rings. The molecule has 2 amide bonds. The fourth-order valence-corrected chi connectivity index (χ4v) is 1.76. The van der Waals surface area contributed by atoms with Gasteiger partial charge in [0.15, 0.2) is 0 Å². The Hall–Kier alpha value is -1.84. The van der Waals surface area contributed by atoms with Crippen molar-refractivity contribution in [2.75, 3.05) is 0 Å². The zero-order valence-corrected chi connectivity index (χ0v) is 11.8. The third-order valence-corrected chi connectivity index (χ3v) is 3.27. The minimum absolute atomic E-state index is 0.00822. The maximum Gasteiger partial charge on any atom is 0.248 e. The molecule has 4 nitrogen and oxygen atoms in total. The van der Waals surface area contributed by atoms with E-state index in [1.165, 1.54) is 0 Å². The van der Waals surface area contributed by atoms with Crippen molar-refractivity contribution in [2.45, 2.75) is 45.6 Å². The fourth-order valence-electron chi connectivity index (χ4n) is 1.76. The van der Waals surface area contributed by atoms with Crippen LogP contribution in [0.15, 0.2) is 24.3 Å². The summed E-state index contributed by atoms with van der Waals surface area (Å²) in [6, 6.07) is 7.13. The van der Waals surface area contributed by atoms with Gasteiger partial charge in [-0.2, -0.15) is 0 Å². The molecular formula is C15H22N2O2. The van der Waals surface area contributed by atoms with E-state index in [0.717, 1.165) is 12.0 Å². The predicted molar refractivity (Wildman–Crippen MR) is 75.8 cm³/mol. The van der Waals surface area contributed by atoms with Crippen molar-refractivity contribution in [3.05, 3.63) is 35.4 Å². The molecule has 0 aliphatic rings.